The molecule has 0 spiro atoms. The molecule has 0 aromatic heterocycles. The Labute approximate surface area is 163 Å². The van der Waals surface area contributed by atoms with Crippen LogP contribution in [0.2, 0.25) is 0 Å². The Morgan fingerprint density at radius 3 is 2.46 bits per heavy atom. The summed E-state index contributed by atoms with van der Waals surface area (Å²) in [7, 11) is -3.77. The zero-order valence-electron chi connectivity index (χ0n) is 15.3. The maximum Gasteiger partial charge on any atom is 0.324 e. The SMILES string of the molecule is O=C(OCCOc1ccc(F)cc1)C1CCCCN1S(=O)(=O)c1ccccc1. The van der Waals surface area contributed by atoms with Gasteiger partial charge in [-0.1, -0.05) is 18.2 Å². The molecule has 3 rings (SSSR count). The van der Waals surface area contributed by atoms with E-state index in [9.17, 15) is 17.6 Å². The fraction of sp³-hybridized carbons (Fsp3) is 0.350. The van der Waals surface area contributed by atoms with Crippen molar-refractivity contribution in [1.29, 1.82) is 0 Å². The number of carbonyl (C=O) groups excluding carboxylic acids is 1. The predicted molar refractivity (Wildman–Crippen MR) is 101 cm³/mol. The molecule has 1 atom stereocenters. The van der Waals surface area contributed by atoms with Crippen LogP contribution in [0.25, 0.3) is 0 Å². The average molecular weight is 407 g/mol. The molecule has 0 amide bonds. The summed E-state index contributed by atoms with van der Waals surface area (Å²) in [6, 6.07) is 12.7. The summed E-state index contributed by atoms with van der Waals surface area (Å²) in [6.45, 7) is 0.352. The molecule has 0 radical (unpaired) electrons. The number of rotatable bonds is 7. The second kappa shape index (κ2) is 9.16. The van der Waals surface area contributed by atoms with Crippen LogP contribution in [0.4, 0.5) is 4.39 Å². The summed E-state index contributed by atoms with van der Waals surface area (Å²) in [4.78, 5) is 12.7. The number of benzene rings is 2. The number of piperidine rings is 1. The van der Waals surface area contributed by atoms with Crippen LogP contribution in [0.15, 0.2) is 59.5 Å². The first-order chi connectivity index (χ1) is 13.5. The van der Waals surface area contributed by atoms with Gasteiger partial charge in [-0.15, -0.1) is 0 Å². The summed E-state index contributed by atoms with van der Waals surface area (Å²) < 4.78 is 50.5. The molecule has 2 aromatic rings. The quantitative estimate of drug-likeness (QED) is 0.521. The van der Waals surface area contributed by atoms with Crippen molar-refractivity contribution in [1.82, 2.24) is 4.31 Å². The molecule has 150 valence electrons. The van der Waals surface area contributed by atoms with Gasteiger partial charge in [-0.25, -0.2) is 12.8 Å². The fourth-order valence-electron chi connectivity index (χ4n) is 3.08. The molecule has 0 saturated carbocycles. The second-order valence-electron chi connectivity index (χ2n) is 6.41. The smallest absolute Gasteiger partial charge is 0.324 e. The van der Waals surface area contributed by atoms with Gasteiger partial charge >= 0.3 is 5.97 Å². The van der Waals surface area contributed by atoms with Crippen molar-refractivity contribution in [2.24, 2.45) is 0 Å². The van der Waals surface area contributed by atoms with E-state index in [-0.39, 0.29) is 30.5 Å². The van der Waals surface area contributed by atoms with Crippen LogP contribution < -0.4 is 4.74 Å². The fourth-order valence-corrected chi connectivity index (χ4v) is 4.75. The number of nitrogens with zero attached hydrogens (tertiary/aromatic N) is 1. The van der Waals surface area contributed by atoms with Gasteiger partial charge in [0.25, 0.3) is 0 Å². The number of ether oxygens (including phenoxy) is 2. The maximum atomic E-state index is 12.9. The number of sulfonamides is 1. The average Bonchev–Trinajstić information content (AvgIpc) is 2.73. The molecule has 0 N–H and O–H groups in total. The predicted octanol–water partition coefficient (Wildman–Crippen LogP) is 2.99. The van der Waals surface area contributed by atoms with E-state index in [2.05, 4.69) is 0 Å². The van der Waals surface area contributed by atoms with Gasteiger partial charge in [0.2, 0.25) is 10.0 Å². The zero-order chi connectivity index (χ0) is 20.0. The first-order valence-electron chi connectivity index (χ1n) is 9.10. The van der Waals surface area contributed by atoms with Crippen LogP contribution in [0.3, 0.4) is 0 Å². The van der Waals surface area contributed by atoms with E-state index in [1.54, 1.807) is 18.2 Å². The van der Waals surface area contributed by atoms with Crippen molar-refractivity contribution in [2.45, 2.75) is 30.2 Å². The third kappa shape index (κ3) is 4.88. The highest BCUT2D eigenvalue weighted by Crippen LogP contribution is 2.26. The lowest BCUT2D eigenvalue weighted by Gasteiger charge is -2.33. The Morgan fingerprint density at radius 1 is 1.04 bits per heavy atom. The van der Waals surface area contributed by atoms with E-state index >= 15 is 0 Å². The van der Waals surface area contributed by atoms with Crippen molar-refractivity contribution >= 4 is 16.0 Å². The number of halogens is 1. The van der Waals surface area contributed by atoms with Crippen molar-refractivity contribution in [3.8, 4) is 5.75 Å². The monoisotopic (exact) mass is 407 g/mol. The number of carbonyl (C=O) groups is 1. The summed E-state index contributed by atoms with van der Waals surface area (Å²) >= 11 is 0. The van der Waals surface area contributed by atoms with Crippen molar-refractivity contribution in [3.05, 3.63) is 60.4 Å². The number of esters is 1. The topological polar surface area (TPSA) is 72.9 Å². The van der Waals surface area contributed by atoms with Gasteiger partial charge in [-0.3, -0.25) is 4.79 Å². The summed E-state index contributed by atoms with van der Waals surface area (Å²) in [5.41, 5.74) is 0. The minimum Gasteiger partial charge on any atom is -0.490 e. The third-order valence-electron chi connectivity index (χ3n) is 4.49. The molecule has 0 aliphatic carbocycles. The molecule has 1 aliphatic heterocycles. The van der Waals surface area contributed by atoms with E-state index < -0.39 is 22.0 Å². The molecule has 0 bridgehead atoms. The van der Waals surface area contributed by atoms with Gasteiger partial charge in [0.05, 0.1) is 4.90 Å². The van der Waals surface area contributed by atoms with Crippen LogP contribution in [-0.2, 0) is 19.6 Å². The minimum atomic E-state index is -3.77. The first-order valence-corrected chi connectivity index (χ1v) is 10.5. The normalized spacial score (nSPS) is 17.8. The Morgan fingerprint density at radius 2 is 1.75 bits per heavy atom. The maximum absolute atomic E-state index is 12.9. The Hall–Kier alpha value is -2.45. The van der Waals surface area contributed by atoms with E-state index in [4.69, 9.17) is 9.47 Å². The molecule has 6 nitrogen and oxygen atoms in total. The van der Waals surface area contributed by atoms with Crippen LogP contribution in [0.5, 0.6) is 5.75 Å². The lowest BCUT2D eigenvalue weighted by Crippen LogP contribution is -2.48. The molecule has 1 saturated heterocycles. The lowest BCUT2D eigenvalue weighted by molar-refractivity contribution is -0.149. The van der Waals surface area contributed by atoms with Crippen LogP contribution >= 0.6 is 0 Å². The van der Waals surface area contributed by atoms with Gasteiger partial charge in [0, 0.05) is 6.54 Å². The highest BCUT2D eigenvalue weighted by atomic mass is 32.2. The Balaban J connectivity index is 1.58. The Kier molecular flexibility index (Phi) is 6.64. The Bertz CT molecular complexity index is 887. The first kappa shape index (κ1) is 20.3. The molecule has 2 aromatic carbocycles. The third-order valence-corrected chi connectivity index (χ3v) is 6.41. The second-order valence-corrected chi connectivity index (χ2v) is 8.30. The van der Waals surface area contributed by atoms with Gasteiger partial charge in [0.15, 0.2) is 0 Å². The standard InChI is InChI=1S/C20H22FNO5S/c21-16-9-11-17(12-10-16)26-14-15-27-20(23)19-8-4-5-13-22(19)28(24,25)18-6-2-1-3-7-18/h1-3,6-7,9-12,19H,4-5,8,13-15H2. The van der Waals surface area contributed by atoms with Crippen molar-refractivity contribution in [3.63, 3.8) is 0 Å². The molecule has 1 unspecified atom stereocenters. The summed E-state index contributed by atoms with van der Waals surface area (Å²) in [5.74, 6) is -0.485. The van der Waals surface area contributed by atoms with Crippen LogP contribution in [0.1, 0.15) is 19.3 Å². The lowest BCUT2D eigenvalue weighted by atomic mass is 10.1. The molecular formula is C20H22FNO5S. The van der Waals surface area contributed by atoms with Crippen LogP contribution in [-0.4, -0.2) is 44.5 Å². The van der Waals surface area contributed by atoms with Crippen LogP contribution in [0, 0.1) is 5.82 Å². The van der Waals surface area contributed by atoms with Gasteiger partial charge < -0.3 is 9.47 Å². The van der Waals surface area contributed by atoms with E-state index in [0.717, 1.165) is 6.42 Å². The summed E-state index contributed by atoms with van der Waals surface area (Å²) in [5, 5.41) is 0. The van der Waals surface area contributed by atoms with Gasteiger partial charge in [-0.05, 0) is 55.7 Å². The zero-order valence-corrected chi connectivity index (χ0v) is 16.1. The molecule has 28 heavy (non-hydrogen) atoms. The highest BCUT2D eigenvalue weighted by Gasteiger charge is 2.38. The molecule has 8 heteroatoms. The minimum absolute atomic E-state index is 0.0219. The van der Waals surface area contributed by atoms with Gasteiger partial charge in [-0.2, -0.15) is 4.31 Å². The van der Waals surface area contributed by atoms with E-state index in [1.807, 2.05) is 0 Å². The highest BCUT2D eigenvalue weighted by molar-refractivity contribution is 7.89. The van der Waals surface area contributed by atoms with E-state index in [1.165, 1.54) is 40.7 Å². The largest absolute Gasteiger partial charge is 0.490 e. The molecule has 1 aliphatic rings. The number of hydrogen-bond donors (Lipinski definition) is 0. The van der Waals surface area contributed by atoms with E-state index in [0.29, 0.717) is 18.6 Å². The molecule has 1 fully saturated rings. The van der Waals surface area contributed by atoms with Crippen molar-refractivity contribution < 1.29 is 27.1 Å². The van der Waals surface area contributed by atoms with Crippen molar-refractivity contribution in [2.75, 3.05) is 19.8 Å². The van der Waals surface area contributed by atoms with Gasteiger partial charge in [0.1, 0.15) is 30.8 Å². The molecule has 1 heterocycles. The number of hydrogen-bond acceptors (Lipinski definition) is 5. The summed E-state index contributed by atoms with van der Waals surface area (Å²) in [6.07, 6.45) is 1.87. The molecular weight excluding hydrogens is 385 g/mol.